The molecule has 116 valence electrons. The van der Waals surface area contributed by atoms with E-state index in [4.69, 9.17) is 11.1 Å². The van der Waals surface area contributed by atoms with E-state index < -0.39 is 7.38 Å². The number of hydrogen-bond donors (Lipinski definition) is 0. The van der Waals surface area contributed by atoms with E-state index in [9.17, 15) is 0 Å². The molecular weight excluding hydrogens is 280 g/mol. The fourth-order valence-corrected chi connectivity index (χ4v) is 13.5. The molecule has 0 N–H and O–H groups in total. The molecule has 0 nitrogen and oxygen atoms in total. The Labute approximate surface area is 131 Å². The van der Waals surface area contributed by atoms with Crippen molar-refractivity contribution in [3.8, 4) is 0 Å². The van der Waals surface area contributed by atoms with Gasteiger partial charge in [-0.05, 0) is 16.6 Å². The second kappa shape index (κ2) is 7.18. The zero-order chi connectivity index (χ0) is 13.8. The molecule has 0 atom stereocenters. The summed E-state index contributed by atoms with van der Waals surface area (Å²) in [5.41, 5.74) is 2.93. The predicted molar refractivity (Wildman–Crippen MR) is 92.1 cm³/mol. The van der Waals surface area contributed by atoms with E-state index >= 15 is 0 Å². The van der Waals surface area contributed by atoms with Gasteiger partial charge in [0.1, 0.15) is 0 Å². The van der Waals surface area contributed by atoms with Crippen molar-refractivity contribution in [2.75, 3.05) is 0 Å². The lowest BCUT2D eigenvalue weighted by Gasteiger charge is -2.48. The van der Waals surface area contributed by atoms with Crippen LogP contribution in [0.15, 0.2) is 0 Å². The summed E-state index contributed by atoms with van der Waals surface area (Å²) in [6.45, 7) is 0. The third-order valence-electron chi connectivity index (χ3n) is 6.69. The lowest BCUT2D eigenvalue weighted by Crippen LogP contribution is -2.46. The maximum Gasteiger partial charge on any atom is 0.165 e. The van der Waals surface area contributed by atoms with E-state index in [0.29, 0.717) is 0 Å². The topological polar surface area (TPSA) is 0 Å². The van der Waals surface area contributed by atoms with Crippen LogP contribution in [-0.4, -0.2) is 7.38 Å². The van der Waals surface area contributed by atoms with Crippen LogP contribution in [0.4, 0.5) is 0 Å². The molecule has 20 heavy (non-hydrogen) atoms. The highest BCUT2D eigenvalue weighted by molar-refractivity contribution is 7.22. The van der Waals surface area contributed by atoms with Crippen LogP contribution < -0.4 is 0 Å². The maximum atomic E-state index is 7.71. The number of halogens is 1. The van der Waals surface area contributed by atoms with Crippen molar-refractivity contribution in [2.45, 2.75) is 113 Å². The van der Waals surface area contributed by atoms with E-state index in [1.807, 2.05) is 0 Å². The van der Waals surface area contributed by atoms with E-state index in [1.165, 1.54) is 96.3 Å². The summed E-state index contributed by atoms with van der Waals surface area (Å²) < 4.78 is 0. The molecule has 0 unspecified atom stereocenters. The van der Waals surface area contributed by atoms with Gasteiger partial charge in [-0.3, -0.25) is 0 Å². The Bertz CT molecular complexity index is 240. The minimum Gasteiger partial charge on any atom is -0.166 e. The van der Waals surface area contributed by atoms with Gasteiger partial charge in [0.15, 0.2) is 7.38 Å². The fraction of sp³-hybridized carbons (Fsp3) is 1.00. The van der Waals surface area contributed by atoms with Crippen molar-refractivity contribution in [1.82, 2.24) is 0 Å². The van der Waals surface area contributed by atoms with Gasteiger partial charge >= 0.3 is 0 Å². The van der Waals surface area contributed by atoms with E-state index in [0.717, 1.165) is 16.6 Å². The molecule has 0 amide bonds. The molecule has 0 spiro atoms. The van der Waals surface area contributed by atoms with Crippen LogP contribution in [0.1, 0.15) is 96.3 Å². The molecule has 0 aromatic rings. The Balaban J connectivity index is 1.79. The minimum absolute atomic E-state index is 0.976. The first-order chi connectivity index (χ1) is 9.82. The first-order valence-electron chi connectivity index (χ1n) is 9.50. The summed E-state index contributed by atoms with van der Waals surface area (Å²) in [7, 11) is -1.57. The lowest BCUT2D eigenvalue weighted by atomic mass is 9.98. The van der Waals surface area contributed by atoms with Crippen molar-refractivity contribution in [3.05, 3.63) is 0 Å². The molecule has 0 bridgehead atoms. The summed E-state index contributed by atoms with van der Waals surface area (Å²) in [5.74, 6) is 0. The number of hydrogen-bond acceptors (Lipinski definition) is 0. The highest BCUT2D eigenvalue weighted by Gasteiger charge is 2.51. The molecule has 0 saturated heterocycles. The Morgan fingerprint density at radius 2 is 0.700 bits per heavy atom. The molecule has 0 aliphatic heterocycles. The number of rotatable bonds is 3. The molecule has 2 heteroatoms. The van der Waals surface area contributed by atoms with Gasteiger partial charge in [0, 0.05) is 0 Å². The van der Waals surface area contributed by atoms with Gasteiger partial charge < -0.3 is 0 Å². The van der Waals surface area contributed by atoms with E-state index in [2.05, 4.69) is 0 Å². The maximum absolute atomic E-state index is 7.71. The molecule has 3 rings (SSSR count). The second-order valence-corrected chi connectivity index (χ2v) is 13.9. The van der Waals surface area contributed by atoms with E-state index in [1.54, 1.807) is 0 Å². The summed E-state index contributed by atoms with van der Waals surface area (Å²) in [6, 6.07) is 0. The van der Waals surface area contributed by atoms with E-state index in [-0.39, 0.29) is 0 Å². The van der Waals surface area contributed by atoms with Crippen LogP contribution in [0.25, 0.3) is 0 Å². The Morgan fingerprint density at radius 1 is 0.450 bits per heavy atom. The highest BCUT2D eigenvalue weighted by Crippen LogP contribution is 2.58. The smallest absolute Gasteiger partial charge is 0.165 e. The molecule has 0 heterocycles. The fourth-order valence-electron chi connectivity index (χ4n) is 5.64. The van der Waals surface area contributed by atoms with Crippen molar-refractivity contribution >= 4 is 18.5 Å². The SMILES string of the molecule is Cl[Si](C1CCCCC1)(C1CCCCC1)C1CCCCC1. The average Bonchev–Trinajstić information content (AvgIpc) is 2.56. The zero-order valence-electron chi connectivity index (χ0n) is 13.2. The van der Waals surface area contributed by atoms with Gasteiger partial charge in [-0.2, -0.15) is 11.1 Å². The van der Waals surface area contributed by atoms with Gasteiger partial charge in [-0.1, -0.05) is 96.3 Å². The van der Waals surface area contributed by atoms with Crippen LogP contribution in [0.2, 0.25) is 16.6 Å². The molecule has 3 aliphatic carbocycles. The first-order valence-corrected chi connectivity index (χ1v) is 12.7. The predicted octanol–water partition coefficient (Wildman–Crippen LogP) is 7.17. The Hall–Kier alpha value is 0.507. The Morgan fingerprint density at radius 3 is 0.950 bits per heavy atom. The van der Waals surface area contributed by atoms with Crippen LogP contribution in [0.3, 0.4) is 0 Å². The van der Waals surface area contributed by atoms with Crippen molar-refractivity contribution < 1.29 is 0 Å². The van der Waals surface area contributed by atoms with Crippen molar-refractivity contribution in [1.29, 1.82) is 0 Å². The standard InChI is InChI=1S/C18H33ClSi/c19-20(16-10-4-1-5-11-16,17-12-6-2-7-13-17)18-14-8-3-9-15-18/h16-18H,1-15H2. The van der Waals surface area contributed by atoms with Crippen LogP contribution >= 0.6 is 11.1 Å². The highest BCUT2D eigenvalue weighted by atomic mass is 35.6. The summed E-state index contributed by atoms with van der Waals surface area (Å²) >= 11 is 7.71. The molecule has 0 radical (unpaired) electrons. The average molecular weight is 313 g/mol. The molecule has 0 aromatic carbocycles. The molecule has 0 aromatic heterocycles. The summed E-state index contributed by atoms with van der Waals surface area (Å²) in [4.78, 5) is 0. The van der Waals surface area contributed by atoms with Crippen molar-refractivity contribution in [3.63, 3.8) is 0 Å². The van der Waals surface area contributed by atoms with Crippen molar-refractivity contribution in [2.24, 2.45) is 0 Å². The minimum atomic E-state index is -1.57. The van der Waals surface area contributed by atoms with Crippen LogP contribution in [0, 0.1) is 0 Å². The monoisotopic (exact) mass is 312 g/mol. The largest absolute Gasteiger partial charge is 0.166 e. The third-order valence-corrected chi connectivity index (χ3v) is 15.0. The Kier molecular flexibility index (Phi) is 5.53. The molecule has 3 saturated carbocycles. The van der Waals surface area contributed by atoms with Gasteiger partial charge in [0.2, 0.25) is 0 Å². The third kappa shape index (κ3) is 3.14. The summed E-state index contributed by atoms with van der Waals surface area (Å²) in [6.07, 6.45) is 22.2. The second-order valence-electron chi connectivity index (χ2n) is 7.83. The normalized spacial score (nSPS) is 28.6. The quantitative estimate of drug-likeness (QED) is 0.382. The molecule has 3 fully saturated rings. The molecular formula is C18H33ClSi. The van der Waals surface area contributed by atoms with Gasteiger partial charge in [0.25, 0.3) is 0 Å². The van der Waals surface area contributed by atoms with Gasteiger partial charge in [-0.25, -0.2) is 0 Å². The lowest BCUT2D eigenvalue weighted by molar-refractivity contribution is 0.424. The summed E-state index contributed by atoms with van der Waals surface area (Å²) in [5, 5.41) is 0. The van der Waals surface area contributed by atoms with Gasteiger partial charge in [-0.15, -0.1) is 0 Å². The first kappa shape index (κ1) is 15.4. The van der Waals surface area contributed by atoms with Gasteiger partial charge in [0.05, 0.1) is 0 Å². The van der Waals surface area contributed by atoms with Crippen LogP contribution in [-0.2, 0) is 0 Å². The van der Waals surface area contributed by atoms with Crippen LogP contribution in [0.5, 0.6) is 0 Å². The molecule has 3 aliphatic rings. The zero-order valence-corrected chi connectivity index (χ0v) is 15.0.